The first-order valence-corrected chi connectivity index (χ1v) is 5.81. The molecule has 1 aromatic rings. The van der Waals surface area contributed by atoms with Crippen LogP contribution in [0.2, 0.25) is 5.02 Å². The van der Waals surface area contributed by atoms with Crippen molar-refractivity contribution in [2.75, 3.05) is 31.1 Å². The van der Waals surface area contributed by atoms with E-state index in [0.29, 0.717) is 11.1 Å². The molecule has 2 fully saturated rings. The Morgan fingerprint density at radius 2 is 2.00 bits per heavy atom. The van der Waals surface area contributed by atoms with Gasteiger partial charge in [0.05, 0.1) is 5.02 Å². The van der Waals surface area contributed by atoms with Gasteiger partial charge in [-0.2, -0.15) is 0 Å². The van der Waals surface area contributed by atoms with Crippen molar-refractivity contribution in [3.05, 3.63) is 23.4 Å². The third-order valence-corrected chi connectivity index (χ3v) is 3.58. The van der Waals surface area contributed by atoms with Crippen molar-refractivity contribution >= 4 is 42.2 Å². The Bertz CT molecular complexity index is 357. The van der Waals surface area contributed by atoms with Crippen LogP contribution >= 0.6 is 36.4 Å². The second-order valence-electron chi connectivity index (χ2n) is 4.27. The van der Waals surface area contributed by atoms with E-state index in [1.165, 1.54) is 26.1 Å². The fraction of sp³-hybridized carbons (Fsp3) is 0.545. The number of halogens is 3. The number of hydrogen-bond acceptors (Lipinski definition) is 3. The Labute approximate surface area is 119 Å². The number of piperazine rings is 1. The topological polar surface area (TPSA) is 19.4 Å². The van der Waals surface area contributed by atoms with Gasteiger partial charge in [-0.25, -0.2) is 4.98 Å². The van der Waals surface area contributed by atoms with Gasteiger partial charge in [-0.15, -0.1) is 24.8 Å². The van der Waals surface area contributed by atoms with Crippen molar-refractivity contribution in [1.82, 2.24) is 9.88 Å². The number of pyridine rings is 1. The molecule has 2 aliphatic rings. The summed E-state index contributed by atoms with van der Waals surface area (Å²) in [6, 6.07) is 4.61. The number of aromatic nitrogens is 1. The molecule has 1 aromatic heterocycles. The molecule has 0 N–H and O–H groups in total. The van der Waals surface area contributed by atoms with Crippen LogP contribution in [0, 0.1) is 0 Å². The van der Waals surface area contributed by atoms with Crippen molar-refractivity contribution in [3.8, 4) is 0 Å². The van der Waals surface area contributed by atoms with Gasteiger partial charge in [-0.1, -0.05) is 11.6 Å². The summed E-state index contributed by atoms with van der Waals surface area (Å²) < 4.78 is 0. The van der Waals surface area contributed by atoms with Gasteiger partial charge in [0.2, 0.25) is 0 Å². The van der Waals surface area contributed by atoms with E-state index < -0.39 is 0 Å². The Hall–Kier alpha value is -0.220. The van der Waals surface area contributed by atoms with Gasteiger partial charge in [0, 0.05) is 38.4 Å². The van der Waals surface area contributed by atoms with E-state index >= 15 is 0 Å². The quantitative estimate of drug-likeness (QED) is 0.794. The highest BCUT2D eigenvalue weighted by molar-refractivity contribution is 6.30. The summed E-state index contributed by atoms with van der Waals surface area (Å²) in [5.41, 5.74) is 0. The summed E-state index contributed by atoms with van der Waals surface area (Å²) in [6.07, 6.45) is 3.00. The average molecular weight is 297 g/mol. The van der Waals surface area contributed by atoms with Gasteiger partial charge in [0.15, 0.2) is 0 Å². The lowest BCUT2D eigenvalue weighted by Crippen LogP contribution is -2.47. The number of rotatable bonds is 1. The van der Waals surface area contributed by atoms with Gasteiger partial charge in [0.25, 0.3) is 0 Å². The maximum absolute atomic E-state index is 5.84. The minimum Gasteiger partial charge on any atom is -0.351 e. The molecule has 2 saturated heterocycles. The molecule has 2 bridgehead atoms. The van der Waals surface area contributed by atoms with E-state index in [1.807, 2.05) is 12.1 Å². The van der Waals surface area contributed by atoms with Crippen LogP contribution < -0.4 is 4.90 Å². The maximum atomic E-state index is 5.84. The molecule has 0 aromatic carbocycles. The lowest BCUT2D eigenvalue weighted by molar-refractivity contribution is 0.310. The van der Waals surface area contributed by atoms with E-state index in [2.05, 4.69) is 14.8 Å². The zero-order valence-electron chi connectivity index (χ0n) is 9.38. The zero-order chi connectivity index (χ0) is 10.3. The highest BCUT2D eigenvalue weighted by atomic mass is 35.5. The molecule has 0 amide bonds. The van der Waals surface area contributed by atoms with Crippen molar-refractivity contribution < 1.29 is 0 Å². The molecule has 6 heteroatoms. The first-order chi connectivity index (χ1) is 7.33. The van der Waals surface area contributed by atoms with E-state index in [1.54, 1.807) is 6.20 Å². The second-order valence-corrected chi connectivity index (χ2v) is 4.71. The minimum atomic E-state index is 0. The predicted molar refractivity (Wildman–Crippen MR) is 75.9 cm³/mol. The maximum Gasteiger partial charge on any atom is 0.128 e. The highest BCUT2D eigenvalue weighted by Gasteiger charge is 2.32. The zero-order valence-corrected chi connectivity index (χ0v) is 11.8. The van der Waals surface area contributed by atoms with Crippen LogP contribution in [0.1, 0.15) is 6.42 Å². The first-order valence-electron chi connectivity index (χ1n) is 5.43. The Morgan fingerprint density at radius 1 is 1.18 bits per heavy atom. The number of anilines is 1. The van der Waals surface area contributed by atoms with Crippen molar-refractivity contribution in [2.45, 2.75) is 12.5 Å². The summed E-state index contributed by atoms with van der Waals surface area (Å²) in [5.74, 6) is 1.07. The molecule has 2 aliphatic heterocycles. The first kappa shape index (κ1) is 14.8. The second kappa shape index (κ2) is 6.10. The van der Waals surface area contributed by atoms with Gasteiger partial charge in [-0.05, 0) is 18.6 Å². The third kappa shape index (κ3) is 2.97. The molecule has 3 rings (SSSR count). The summed E-state index contributed by atoms with van der Waals surface area (Å²) in [7, 11) is 0. The molecule has 0 spiro atoms. The van der Waals surface area contributed by atoms with Crippen LogP contribution in [0.3, 0.4) is 0 Å². The van der Waals surface area contributed by atoms with Crippen LogP contribution in [-0.4, -0.2) is 42.1 Å². The molecule has 0 saturated carbocycles. The molecule has 0 radical (unpaired) electrons. The predicted octanol–water partition coefficient (Wildman–Crippen LogP) is 2.47. The lowest BCUT2D eigenvalue weighted by Gasteiger charge is -2.35. The van der Waals surface area contributed by atoms with E-state index in [0.717, 1.165) is 12.4 Å². The molecule has 96 valence electrons. The normalized spacial score (nSPS) is 26.1. The fourth-order valence-electron chi connectivity index (χ4n) is 2.54. The lowest BCUT2D eigenvalue weighted by atomic mass is 10.2. The van der Waals surface area contributed by atoms with Crippen LogP contribution in [0.25, 0.3) is 0 Å². The molecule has 17 heavy (non-hydrogen) atoms. The standard InChI is InChI=1S/C11H14ClN3.2ClH/c12-9-1-2-11(13-7-9)15-6-5-14-4-3-10(15)8-14;;/h1-2,7,10H,3-6,8H2;2*1H. The van der Waals surface area contributed by atoms with E-state index in [-0.39, 0.29) is 24.8 Å². The summed E-state index contributed by atoms with van der Waals surface area (Å²) >= 11 is 5.84. The van der Waals surface area contributed by atoms with Crippen LogP contribution in [0.5, 0.6) is 0 Å². The average Bonchev–Trinajstić information content (AvgIpc) is 2.63. The van der Waals surface area contributed by atoms with Gasteiger partial charge in [-0.3, -0.25) is 4.90 Å². The molecular weight excluding hydrogens is 281 g/mol. The molecular formula is C11H16Cl3N3. The monoisotopic (exact) mass is 295 g/mol. The molecule has 2 atom stereocenters. The molecule has 3 heterocycles. The number of nitrogens with zero attached hydrogens (tertiary/aromatic N) is 3. The van der Waals surface area contributed by atoms with Gasteiger partial charge >= 0.3 is 0 Å². The van der Waals surface area contributed by atoms with Gasteiger partial charge in [0.1, 0.15) is 5.82 Å². The Balaban J connectivity index is 0.000000722. The third-order valence-electron chi connectivity index (χ3n) is 3.35. The fourth-order valence-corrected chi connectivity index (χ4v) is 2.65. The number of hydrogen-bond donors (Lipinski definition) is 0. The summed E-state index contributed by atoms with van der Waals surface area (Å²) in [6.45, 7) is 4.71. The van der Waals surface area contributed by atoms with Crippen molar-refractivity contribution in [2.24, 2.45) is 0 Å². The molecule has 0 aliphatic carbocycles. The van der Waals surface area contributed by atoms with Crippen molar-refractivity contribution in [3.63, 3.8) is 0 Å². The SMILES string of the molecule is Cl.Cl.Clc1ccc(N2CCN3CCC2C3)nc1. The molecule has 3 nitrogen and oxygen atoms in total. The Kier molecular flexibility index (Phi) is 5.32. The smallest absolute Gasteiger partial charge is 0.128 e. The van der Waals surface area contributed by atoms with Gasteiger partial charge < -0.3 is 4.90 Å². The van der Waals surface area contributed by atoms with Crippen LogP contribution in [0.4, 0.5) is 5.82 Å². The Morgan fingerprint density at radius 3 is 2.71 bits per heavy atom. The highest BCUT2D eigenvalue weighted by Crippen LogP contribution is 2.25. The molecule has 2 unspecified atom stereocenters. The number of fused-ring (bicyclic) bond motifs is 2. The van der Waals surface area contributed by atoms with E-state index in [9.17, 15) is 0 Å². The summed E-state index contributed by atoms with van der Waals surface area (Å²) in [4.78, 5) is 9.34. The largest absolute Gasteiger partial charge is 0.351 e. The summed E-state index contributed by atoms with van der Waals surface area (Å²) in [5, 5.41) is 0.712. The minimum absolute atomic E-state index is 0. The van der Waals surface area contributed by atoms with E-state index in [4.69, 9.17) is 11.6 Å². The van der Waals surface area contributed by atoms with Crippen molar-refractivity contribution in [1.29, 1.82) is 0 Å². The van der Waals surface area contributed by atoms with Crippen LogP contribution in [0.15, 0.2) is 18.3 Å². The van der Waals surface area contributed by atoms with Crippen LogP contribution in [-0.2, 0) is 0 Å².